The number of carbonyl (C=O) groups excluding carboxylic acids is 1. The van der Waals surface area contributed by atoms with E-state index in [0.29, 0.717) is 30.3 Å². The van der Waals surface area contributed by atoms with Crippen molar-refractivity contribution in [1.29, 1.82) is 0 Å². The first kappa shape index (κ1) is 17.7. The highest BCUT2D eigenvalue weighted by Crippen LogP contribution is 2.32. The van der Waals surface area contributed by atoms with E-state index in [1.807, 2.05) is 13.0 Å². The summed E-state index contributed by atoms with van der Waals surface area (Å²) in [6.07, 6.45) is 0.900. The maximum absolute atomic E-state index is 12.0. The Labute approximate surface area is 130 Å². The van der Waals surface area contributed by atoms with Gasteiger partial charge in [-0.15, -0.1) is 11.3 Å². The maximum atomic E-state index is 12.0. The molecule has 21 heavy (non-hydrogen) atoms. The average molecular weight is 315 g/mol. The van der Waals surface area contributed by atoms with E-state index in [9.17, 15) is 4.79 Å². The summed E-state index contributed by atoms with van der Waals surface area (Å²) < 4.78 is 10.2. The number of nitrogens with one attached hydrogen (secondary N) is 1. The van der Waals surface area contributed by atoms with Crippen molar-refractivity contribution >= 4 is 27.9 Å². The molecule has 0 spiro atoms. The lowest BCUT2D eigenvalue weighted by Gasteiger charge is -2.22. The molecular weight excluding hydrogens is 290 g/mol. The van der Waals surface area contributed by atoms with Crippen LogP contribution in [0.15, 0.2) is 6.07 Å². The van der Waals surface area contributed by atoms with Gasteiger partial charge in [-0.1, -0.05) is 6.92 Å². The van der Waals surface area contributed by atoms with Gasteiger partial charge in [0.1, 0.15) is 4.88 Å². The van der Waals surface area contributed by atoms with Crippen molar-refractivity contribution in [2.75, 3.05) is 57.7 Å². The van der Waals surface area contributed by atoms with Gasteiger partial charge in [-0.2, -0.15) is 0 Å². The summed E-state index contributed by atoms with van der Waals surface area (Å²) in [5.41, 5.74) is 6.49. The van der Waals surface area contributed by atoms with Crippen LogP contribution >= 0.6 is 11.3 Å². The van der Waals surface area contributed by atoms with Gasteiger partial charge in [0.05, 0.1) is 23.9 Å². The van der Waals surface area contributed by atoms with Crippen molar-refractivity contribution in [1.82, 2.24) is 5.32 Å². The fourth-order valence-corrected chi connectivity index (χ4v) is 2.83. The maximum Gasteiger partial charge on any atom is 0.263 e. The summed E-state index contributed by atoms with van der Waals surface area (Å²) in [7, 11) is 3.34. The van der Waals surface area contributed by atoms with E-state index in [2.05, 4.69) is 10.2 Å². The summed E-state index contributed by atoms with van der Waals surface area (Å²) in [6.45, 7) is 5.35. The molecule has 3 N–H and O–H groups in total. The van der Waals surface area contributed by atoms with Crippen LogP contribution in [0.25, 0.3) is 0 Å². The van der Waals surface area contributed by atoms with E-state index in [-0.39, 0.29) is 5.91 Å². The Morgan fingerprint density at radius 2 is 1.95 bits per heavy atom. The summed E-state index contributed by atoms with van der Waals surface area (Å²) >= 11 is 1.40. The van der Waals surface area contributed by atoms with Crippen molar-refractivity contribution in [2.24, 2.45) is 0 Å². The number of carbonyl (C=O) groups is 1. The van der Waals surface area contributed by atoms with Crippen LogP contribution in [0.2, 0.25) is 0 Å². The normalized spacial score (nSPS) is 10.6. The molecule has 0 unspecified atom stereocenters. The van der Waals surface area contributed by atoms with Gasteiger partial charge in [0.25, 0.3) is 5.91 Å². The van der Waals surface area contributed by atoms with Crippen molar-refractivity contribution in [3.8, 4) is 0 Å². The molecule has 1 rings (SSSR count). The SMILES string of the molecule is CCCNC(=O)c1sc(N(CCOC)CCOC)cc1N. The number of nitrogens with two attached hydrogens (primary N) is 1. The third-order valence-corrected chi connectivity index (χ3v) is 4.14. The molecule has 7 heteroatoms. The Morgan fingerprint density at radius 1 is 1.33 bits per heavy atom. The second-order valence-electron chi connectivity index (χ2n) is 4.60. The van der Waals surface area contributed by atoms with Gasteiger partial charge >= 0.3 is 0 Å². The lowest BCUT2D eigenvalue weighted by molar-refractivity contribution is 0.0958. The topological polar surface area (TPSA) is 76.8 Å². The van der Waals surface area contributed by atoms with Gasteiger partial charge in [0.15, 0.2) is 0 Å². The standard InChI is InChI=1S/C14H25N3O3S/c1-4-5-16-14(18)13-11(15)10-12(21-13)17(6-8-19-2)7-9-20-3/h10H,4-9,15H2,1-3H3,(H,16,18). The highest BCUT2D eigenvalue weighted by Gasteiger charge is 2.17. The zero-order valence-corrected chi connectivity index (χ0v) is 13.8. The second kappa shape index (κ2) is 9.59. The number of thiophene rings is 1. The number of methoxy groups -OCH3 is 2. The first-order valence-corrected chi connectivity index (χ1v) is 7.86. The minimum Gasteiger partial charge on any atom is -0.397 e. The minimum absolute atomic E-state index is 0.107. The van der Waals surface area contributed by atoms with Crippen LogP contribution in [-0.2, 0) is 9.47 Å². The van der Waals surface area contributed by atoms with Crippen LogP contribution in [0.5, 0.6) is 0 Å². The molecule has 0 aliphatic rings. The molecule has 0 bridgehead atoms. The molecule has 0 aliphatic carbocycles. The van der Waals surface area contributed by atoms with Gasteiger partial charge in [-0.05, 0) is 12.5 Å². The zero-order chi connectivity index (χ0) is 15.7. The van der Waals surface area contributed by atoms with Gasteiger partial charge in [0, 0.05) is 33.9 Å². The van der Waals surface area contributed by atoms with Crippen LogP contribution in [0.1, 0.15) is 23.0 Å². The van der Waals surface area contributed by atoms with E-state index < -0.39 is 0 Å². The van der Waals surface area contributed by atoms with Crippen molar-refractivity contribution in [2.45, 2.75) is 13.3 Å². The molecule has 0 aliphatic heterocycles. The zero-order valence-electron chi connectivity index (χ0n) is 13.0. The van der Waals surface area contributed by atoms with Crippen LogP contribution in [0.3, 0.4) is 0 Å². The van der Waals surface area contributed by atoms with Gasteiger partial charge in [-0.25, -0.2) is 0 Å². The van der Waals surface area contributed by atoms with E-state index in [1.54, 1.807) is 14.2 Å². The predicted octanol–water partition coefficient (Wildman–Crippen LogP) is 1.57. The van der Waals surface area contributed by atoms with Gasteiger partial charge in [-0.3, -0.25) is 4.79 Å². The largest absolute Gasteiger partial charge is 0.397 e. The number of amides is 1. The van der Waals surface area contributed by atoms with Crippen LogP contribution in [0, 0.1) is 0 Å². The molecule has 0 aromatic carbocycles. The van der Waals surface area contributed by atoms with Crippen molar-refractivity contribution < 1.29 is 14.3 Å². The Kier molecular flexibility index (Phi) is 8.11. The van der Waals surface area contributed by atoms with Gasteiger partial charge < -0.3 is 25.4 Å². The van der Waals surface area contributed by atoms with Crippen LogP contribution < -0.4 is 16.0 Å². The summed E-state index contributed by atoms with van der Waals surface area (Å²) in [5, 5.41) is 3.81. The van der Waals surface area contributed by atoms with Gasteiger partial charge in [0.2, 0.25) is 0 Å². The number of nitrogens with zero attached hydrogens (tertiary/aromatic N) is 1. The average Bonchev–Trinajstić information content (AvgIpc) is 2.87. The molecular formula is C14H25N3O3S. The van der Waals surface area contributed by atoms with Crippen LogP contribution in [-0.4, -0.2) is 53.0 Å². The second-order valence-corrected chi connectivity index (χ2v) is 5.63. The Hall–Kier alpha value is -1.31. The lowest BCUT2D eigenvalue weighted by atomic mass is 10.3. The first-order chi connectivity index (χ1) is 10.1. The number of rotatable bonds is 10. The molecule has 0 saturated carbocycles. The molecule has 6 nitrogen and oxygen atoms in total. The lowest BCUT2D eigenvalue weighted by Crippen LogP contribution is -2.29. The van der Waals surface area contributed by atoms with Crippen molar-refractivity contribution in [3.63, 3.8) is 0 Å². The fourth-order valence-electron chi connectivity index (χ4n) is 1.78. The Morgan fingerprint density at radius 3 is 2.48 bits per heavy atom. The molecule has 0 fully saturated rings. The van der Waals surface area contributed by atoms with E-state index in [1.165, 1.54) is 11.3 Å². The Balaban J connectivity index is 2.81. The number of hydrogen-bond donors (Lipinski definition) is 2. The highest BCUT2D eigenvalue weighted by molar-refractivity contribution is 7.18. The number of anilines is 2. The summed E-state index contributed by atoms with van der Waals surface area (Å²) in [4.78, 5) is 14.7. The fraction of sp³-hybridized carbons (Fsp3) is 0.643. The minimum atomic E-state index is -0.107. The molecule has 0 saturated heterocycles. The predicted molar refractivity (Wildman–Crippen MR) is 87.3 cm³/mol. The molecule has 1 amide bonds. The third-order valence-electron chi connectivity index (χ3n) is 2.93. The smallest absolute Gasteiger partial charge is 0.263 e. The molecule has 0 radical (unpaired) electrons. The highest BCUT2D eigenvalue weighted by atomic mass is 32.1. The summed E-state index contributed by atoms with van der Waals surface area (Å²) in [6, 6.07) is 1.84. The quantitative estimate of drug-likeness (QED) is 0.685. The molecule has 1 heterocycles. The van der Waals surface area contributed by atoms with Crippen LogP contribution in [0.4, 0.5) is 10.7 Å². The number of ether oxygens (including phenoxy) is 2. The molecule has 1 aromatic rings. The monoisotopic (exact) mass is 315 g/mol. The molecule has 120 valence electrons. The Bertz CT molecular complexity index is 429. The van der Waals surface area contributed by atoms with E-state index in [0.717, 1.165) is 24.5 Å². The summed E-state index contributed by atoms with van der Waals surface area (Å²) in [5.74, 6) is -0.107. The van der Waals surface area contributed by atoms with Crippen molar-refractivity contribution in [3.05, 3.63) is 10.9 Å². The molecule has 0 atom stereocenters. The first-order valence-electron chi connectivity index (χ1n) is 7.04. The molecule has 1 aromatic heterocycles. The third kappa shape index (κ3) is 5.53. The number of hydrogen-bond acceptors (Lipinski definition) is 6. The number of nitrogen functional groups attached to an aromatic ring is 1. The van der Waals surface area contributed by atoms with E-state index >= 15 is 0 Å². The van der Waals surface area contributed by atoms with E-state index in [4.69, 9.17) is 15.2 Å².